The lowest BCUT2D eigenvalue weighted by atomic mass is 10.1. The number of ether oxygens (including phenoxy) is 2. The molecule has 0 amide bonds. The molecule has 0 heterocycles. The summed E-state index contributed by atoms with van der Waals surface area (Å²) in [7, 11) is 0. The lowest BCUT2D eigenvalue weighted by Gasteiger charge is -2.08. The van der Waals surface area contributed by atoms with Crippen LogP contribution in [0.2, 0.25) is 0 Å². The summed E-state index contributed by atoms with van der Waals surface area (Å²) in [6, 6.07) is 16.8. The van der Waals surface area contributed by atoms with Crippen LogP contribution in [0.15, 0.2) is 72.8 Å². The molecule has 37 heavy (non-hydrogen) atoms. The highest BCUT2D eigenvalue weighted by Crippen LogP contribution is 2.24. The van der Waals surface area contributed by atoms with Gasteiger partial charge in [0.05, 0.1) is 5.69 Å². The minimum atomic E-state index is -0.398. The molecule has 0 aliphatic carbocycles. The Labute approximate surface area is 214 Å². The first-order valence-electron chi connectivity index (χ1n) is 11.9. The second-order valence-electron chi connectivity index (χ2n) is 8.43. The molecule has 0 fully saturated rings. The van der Waals surface area contributed by atoms with Crippen LogP contribution in [0.25, 0.3) is 6.08 Å². The molecular weight excluding hydrogens is 475 g/mol. The highest BCUT2D eigenvalue weighted by Gasteiger charge is 2.09. The Morgan fingerprint density at radius 2 is 1.38 bits per heavy atom. The molecule has 0 saturated carbocycles. The molecule has 0 aromatic heterocycles. The summed E-state index contributed by atoms with van der Waals surface area (Å²) in [4.78, 5) is 36.2. The van der Waals surface area contributed by atoms with Crippen molar-refractivity contribution in [3.8, 4) is 11.5 Å². The minimum Gasteiger partial charge on any atom is -0.427 e. The molecule has 3 aromatic carbocycles. The minimum absolute atomic E-state index is 0.237. The summed E-state index contributed by atoms with van der Waals surface area (Å²) < 4.78 is 23.6. The Morgan fingerprint density at radius 1 is 0.757 bits per heavy atom. The lowest BCUT2D eigenvalue weighted by molar-refractivity contribution is -0.135. The van der Waals surface area contributed by atoms with E-state index in [-0.39, 0.29) is 30.6 Å². The molecule has 0 atom stereocenters. The molecule has 4 N–H and O–H groups in total. The van der Waals surface area contributed by atoms with Gasteiger partial charge in [0.2, 0.25) is 0 Å². The third-order valence-corrected chi connectivity index (χ3v) is 5.44. The molecule has 8 heteroatoms. The van der Waals surface area contributed by atoms with Crippen LogP contribution in [0, 0.1) is 5.82 Å². The van der Waals surface area contributed by atoms with Crippen LogP contribution in [0.1, 0.15) is 54.4 Å². The van der Waals surface area contributed by atoms with E-state index in [9.17, 15) is 18.8 Å². The van der Waals surface area contributed by atoms with E-state index in [2.05, 4.69) is 0 Å². The fraction of sp³-hybridized carbons (Fsp3) is 0.207. The van der Waals surface area contributed by atoms with Crippen LogP contribution in [0.4, 0.5) is 15.8 Å². The summed E-state index contributed by atoms with van der Waals surface area (Å²) in [6.45, 7) is 0. The van der Waals surface area contributed by atoms with Crippen molar-refractivity contribution >= 4 is 35.2 Å². The SMILES string of the molecule is Nc1ccc(OC(=O)CCCCCCC(=O)Oc2ccc(C=CC(=O)c3ccc(F)cc3)cc2)c(N)c1. The molecular formula is C29H29FN2O5. The molecule has 0 radical (unpaired) electrons. The highest BCUT2D eigenvalue weighted by atomic mass is 19.1. The molecule has 3 aromatic rings. The molecule has 0 unspecified atom stereocenters. The van der Waals surface area contributed by atoms with Gasteiger partial charge < -0.3 is 20.9 Å². The van der Waals surface area contributed by atoms with Gasteiger partial charge in [-0.2, -0.15) is 0 Å². The summed E-state index contributed by atoms with van der Waals surface area (Å²) in [5.74, 6) is -0.632. The number of unbranched alkanes of at least 4 members (excludes halogenated alkanes) is 3. The third kappa shape index (κ3) is 9.25. The molecule has 0 aliphatic heterocycles. The summed E-state index contributed by atoms with van der Waals surface area (Å²) in [6.07, 6.45) is 6.39. The zero-order chi connectivity index (χ0) is 26.6. The number of anilines is 2. The van der Waals surface area contributed by atoms with Gasteiger partial charge in [0.25, 0.3) is 0 Å². The maximum absolute atomic E-state index is 13.0. The van der Waals surface area contributed by atoms with Gasteiger partial charge in [-0.1, -0.05) is 31.1 Å². The number of rotatable bonds is 12. The number of benzene rings is 3. The number of esters is 2. The van der Waals surface area contributed by atoms with Crippen molar-refractivity contribution in [3.63, 3.8) is 0 Å². The molecule has 0 aliphatic rings. The first-order valence-corrected chi connectivity index (χ1v) is 11.9. The number of hydrogen-bond acceptors (Lipinski definition) is 7. The second kappa shape index (κ2) is 13.6. The van der Waals surface area contributed by atoms with Crippen LogP contribution in [-0.2, 0) is 9.59 Å². The number of ketones is 1. The number of halogens is 1. The molecule has 0 saturated heterocycles. The normalized spacial score (nSPS) is 10.8. The van der Waals surface area contributed by atoms with E-state index in [1.165, 1.54) is 36.4 Å². The Morgan fingerprint density at radius 3 is 2.00 bits per heavy atom. The topological polar surface area (TPSA) is 122 Å². The van der Waals surface area contributed by atoms with E-state index in [0.29, 0.717) is 41.3 Å². The Bertz CT molecular complexity index is 1250. The van der Waals surface area contributed by atoms with Gasteiger partial charge in [0.15, 0.2) is 11.5 Å². The van der Waals surface area contributed by atoms with E-state index >= 15 is 0 Å². The van der Waals surface area contributed by atoms with Crippen molar-refractivity contribution < 1.29 is 28.2 Å². The summed E-state index contributed by atoms with van der Waals surface area (Å²) in [5.41, 5.74) is 13.4. The van der Waals surface area contributed by atoms with Crippen molar-refractivity contribution in [2.75, 3.05) is 11.5 Å². The molecule has 7 nitrogen and oxygen atoms in total. The Hall–Kier alpha value is -4.46. The first-order chi connectivity index (χ1) is 17.8. The van der Waals surface area contributed by atoms with E-state index in [1.807, 2.05) is 0 Å². The fourth-order valence-corrected chi connectivity index (χ4v) is 3.44. The van der Waals surface area contributed by atoms with Crippen LogP contribution in [0.3, 0.4) is 0 Å². The van der Waals surface area contributed by atoms with Crippen molar-refractivity contribution in [2.45, 2.75) is 38.5 Å². The Balaban J connectivity index is 1.30. The molecule has 192 valence electrons. The number of carbonyl (C=O) groups is 3. The zero-order valence-corrected chi connectivity index (χ0v) is 20.3. The predicted octanol–water partition coefficient (Wildman–Crippen LogP) is 5.74. The largest absolute Gasteiger partial charge is 0.427 e. The third-order valence-electron chi connectivity index (χ3n) is 5.44. The van der Waals surface area contributed by atoms with Gasteiger partial charge in [0, 0.05) is 24.1 Å². The average Bonchev–Trinajstić information content (AvgIpc) is 2.87. The summed E-state index contributed by atoms with van der Waals surface area (Å²) >= 11 is 0. The van der Waals surface area contributed by atoms with Crippen LogP contribution >= 0.6 is 0 Å². The van der Waals surface area contributed by atoms with Crippen molar-refractivity contribution in [2.24, 2.45) is 0 Å². The monoisotopic (exact) mass is 504 g/mol. The van der Waals surface area contributed by atoms with Gasteiger partial charge in [-0.25, -0.2) is 4.39 Å². The van der Waals surface area contributed by atoms with Crippen molar-refractivity contribution in [1.29, 1.82) is 0 Å². The van der Waals surface area contributed by atoms with Gasteiger partial charge >= 0.3 is 11.9 Å². The van der Waals surface area contributed by atoms with Gasteiger partial charge in [-0.3, -0.25) is 14.4 Å². The van der Waals surface area contributed by atoms with E-state index in [0.717, 1.165) is 18.4 Å². The average molecular weight is 505 g/mol. The van der Waals surface area contributed by atoms with Crippen LogP contribution in [-0.4, -0.2) is 17.7 Å². The van der Waals surface area contributed by atoms with Crippen molar-refractivity contribution in [3.05, 3.63) is 89.8 Å². The van der Waals surface area contributed by atoms with E-state index in [1.54, 1.807) is 42.5 Å². The van der Waals surface area contributed by atoms with Crippen molar-refractivity contribution in [1.82, 2.24) is 0 Å². The second-order valence-corrected chi connectivity index (χ2v) is 8.43. The van der Waals surface area contributed by atoms with Gasteiger partial charge in [-0.05, 0) is 79.1 Å². The smallest absolute Gasteiger partial charge is 0.311 e. The maximum atomic E-state index is 13.0. The standard InChI is InChI=1S/C29H29FN2O5/c30-22-12-10-21(11-13-22)26(33)17-9-20-7-15-24(16-8-20)36-28(34)5-3-1-2-4-6-29(35)37-27-18-14-23(31)19-25(27)32/h7-19H,1-6,31-32H2. The number of hydrogen-bond donors (Lipinski definition) is 2. The molecule has 0 spiro atoms. The molecule has 3 rings (SSSR count). The maximum Gasteiger partial charge on any atom is 0.311 e. The van der Waals surface area contributed by atoms with Crippen LogP contribution in [0.5, 0.6) is 11.5 Å². The van der Waals surface area contributed by atoms with Crippen LogP contribution < -0.4 is 20.9 Å². The quantitative estimate of drug-likeness (QED) is 0.0806. The highest BCUT2D eigenvalue weighted by molar-refractivity contribution is 6.06. The van der Waals surface area contributed by atoms with Gasteiger partial charge in [-0.15, -0.1) is 0 Å². The number of nitrogen functional groups attached to an aromatic ring is 2. The number of allylic oxidation sites excluding steroid dienone is 1. The number of nitrogens with two attached hydrogens (primary N) is 2. The van der Waals surface area contributed by atoms with E-state index in [4.69, 9.17) is 20.9 Å². The fourth-order valence-electron chi connectivity index (χ4n) is 3.44. The zero-order valence-electron chi connectivity index (χ0n) is 20.3. The predicted molar refractivity (Wildman–Crippen MR) is 140 cm³/mol. The number of carbonyl (C=O) groups excluding carboxylic acids is 3. The molecule has 0 bridgehead atoms. The van der Waals surface area contributed by atoms with E-state index < -0.39 is 5.82 Å². The first kappa shape index (κ1) is 27.1. The lowest BCUT2D eigenvalue weighted by Crippen LogP contribution is -2.09. The van der Waals surface area contributed by atoms with Gasteiger partial charge in [0.1, 0.15) is 11.6 Å². The Kier molecular flexibility index (Phi) is 9.96. The summed E-state index contributed by atoms with van der Waals surface area (Å²) in [5, 5.41) is 0.